The molecule has 0 radical (unpaired) electrons. The zero-order valence-electron chi connectivity index (χ0n) is 13.3. The van der Waals surface area contributed by atoms with Gasteiger partial charge in [-0.05, 0) is 5.92 Å². The van der Waals surface area contributed by atoms with Gasteiger partial charge in [0.05, 0.1) is 0 Å². The second-order valence-corrected chi connectivity index (χ2v) is 6.49. The van der Waals surface area contributed by atoms with Gasteiger partial charge in [0, 0.05) is 23.7 Å². The van der Waals surface area contributed by atoms with Crippen LogP contribution in [0.25, 0.3) is 0 Å². The summed E-state index contributed by atoms with van der Waals surface area (Å²) >= 11 is 1.14. The molecule has 0 spiro atoms. The molecule has 1 amide bonds. The van der Waals surface area contributed by atoms with Crippen molar-refractivity contribution in [3.63, 3.8) is 0 Å². The zero-order chi connectivity index (χ0) is 18.0. The first-order valence-electron chi connectivity index (χ1n) is 7.17. The molecule has 2 rings (SSSR count). The lowest BCUT2D eigenvalue weighted by atomic mass is 9.91. The van der Waals surface area contributed by atoms with E-state index in [1.165, 1.54) is 30.5 Å². The fourth-order valence-corrected chi connectivity index (χ4v) is 3.03. The number of hydrogen-bond acceptors (Lipinski definition) is 4. The van der Waals surface area contributed by atoms with Crippen LogP contribution in [0, 0.1) is 0 Å². The minimum absolute atomic E-state index is 0.102. The Hall–Kier alpha value is -1.93. The SMILES string of the molecule is COC(C(=O)Nc1ncc(C(C)C)s1)(c1ccccc1)C(F)(F)F. The fraction of sp³-hybridized carbons (Fsp3) is 0.375. The first-order chi connectivity index (χ1) is 11.2. The minimum Gasteiger partial charge on any atom is -0.356 e. The summed E-state index contributed by atoms with van der Waals surface area (Å²) in [6.45, 7) is 3.86. The smallest absolute Gasteiger partial charge is 0.356 e. The monoisotopic (exact) mass is 358 g/mol. The van der Waals surface area contributed by atoms with E-state index in [2.05, 4.69) is 10.3 Å². The van der Waals surface area contributed by atoms with E-state index < -0.39 is 17.7 Å². The number of carbonyl (C=O) groups excluding carboxylic acids is 1. The molecular weight excluding hydrogens is 341 g/mol. The molecule has 1 heterocycles. The molecule has 130 valence electrons. The molecule has 2 aromatic rings. The first-order valence-corrected chi connectivity index (χ1v) is 7.98. The molecular formula is C16H17F3N2O2S. The highest BCUT2D eigenvalue weighted by atomic mass is 32.1. The van der Waals surface area contributed by atoms with Crippen molar-refractivity contribution in [1.82, 2.24) is 4.98 Å². The van der Waals surface area contributed by atoms with Crippen molar-refractivity contribution in [1.29, 1.82) is 0 Å². The van der Waals surface area contributed by atoms with E-state index in [1.807, 2.05) is 13.8 Å². The quantitative estimate of drug-likeness (QED) is 0.867. The summed E-state index contributed by atoms with van der Waals surface area (Å²) < 4.78 is 46.0. The number of nitrogens with one attached hydrogen (secondary N) is 1. The van der Waals surface area contributed by atoms with Crippen molar-refractivity contribution < 1.29 is 22.7 Å². The molecule has 0 fully saturated rings. The summed E-state index contributed by atoms with van der Waals surface area (Å²) in [5, 5.41) is 2.34. The Labute approximate surface area is 141 Å². The molecule has 0 aliphatic heterocycles. The Kier molecular flexibility index (Phi) is 5.29. The van der Waals surface area contributed by atoms with Gasteiger partial charge in [0.15, 0.2) is 5.13 Å². The van der Waals surface area contributed by atoms with Crippen LogP contribution in [0.1, 0.15) is 30.2 Å². The highest BCUT2D eigenvalue weighted by Gasteiger charge is 2.62. The predicted octanol–water partition coefficient (Wildman–Crippen LogP) is 4.31. The number of nitrogens with zero attached hydrogens (tertiary/aromatic N) is 1. The lowest BCUT2D eigenvalue weighted by Crippen LogP contribution is -2.53. The van der Waals surface area contributed by atoms with E-state index in [0.29, 0.717) is 0 Å². The van der Waals surface area contributed by atoms with Gasteiger partial charge in [-0.3, -0.25) is 10.1 Å². The molecule has 1 N–H and O–H groups in total. The Morgan fingerprint density at radius 1 is 1.25 bits per heavy atom. The Balaban J connectivity index is 2.41. The first kappa shape index (κ1) is 18.4. The van der Waals surface area contributed by atoms with Crippen LogP contribution in [0.3, 0.4) is 0 Å². The predicted molar refractivity (Wildman–Crippen MR) is 86.0 cm³/mol. The van der Waals surface area contributed by atoms with Gasteiger partial charge < -0.3 is 4.74 Å². The van der Waals surface area contributed by atoms with Gasteiger partial charge >= 0.3 is 6.18 Å². The summed E-state index contributed by atoms with van der Waals surface area (Å²) in [7, 11) is 0.863. The topological polar surface area (TPSA) is 51.2 Å². The summed E-state index contributed by atoms with van der Waals surface area (Å²) in [6, 6.07) is 6.81. The molecule has 0 aliphatic carbocycles. The van der Waals surface area contributed by atoms with Gasteiger partial charge in [-0.2, -0.15) is 13.2 Å². The molecule has 1 atom stereocenters. The number of alkyl halides is 3. The van der Waals surface area contributed by atoms with Crippen molar-refractivity contribution in [2.75, 3.05) is 12.4 Å². The van der Waals surface area contributed by atoms with Gasteiger partial charge in [-0.15, -0.1) is 11.3 Å². The van der Waals surface area contributed by atoms with E-state index >= 15 is 0 Å². The number of anilines is 1. The molecule has 1 aromatic heterocycles. The van der Waals surface area contributed by atoms with Gasteiger partial charge in [-0.25, -0.2) is 4.98 Å². The third kappa shape index (κ3) is 3.29. The van der Waals surface area contributed by atoms with Crippen LogP contribution in [0.5, 0.6) is 0 Å². The number of amides is 1. The minimum atomic E-state index is -4.94. The highest BCUT2D eigenvalue weighted by Crippen LogP contribution is 2.43. The van der Waals surface area contributed by atoms with Gasteiger partial charge in [-0.1, -0.05) is 44.2 Å². The Bertz CT molecular complexity index is 701. The number of benzene rings is 1. The normalized spacial score (nSPS) is 14.5. The Morgan fingerprint density at radius 2 is 1.88 bits per heavy atom. The summed E-state index contributed by atoms with van der Waals surface area (Å²) in [5.74, 6) is -1.16. The van der Waals surface area contributed by atoms with E-state index in [-0.39, 0.29) is 16.6 Å². The largest absolute Gasteiger partial charge is 0.430 e. The van der Waals surface area contributed by atoms with Crippen LogP contribution >= 0.6 is 11.3 Å². The number of methoxy groups -OCH3 is 1. The molecule has 0 bridgehead atoms. The number of rotatable bonds is 5. The van der Waals surface area contributed by atoms with Crippen LogP contribution in [0.15, 0.2) is 36.5 Å². The van der Waals surface area contributed by atoms with Crippen LogP contribution in [0.4, 0.5) is 18.3 Å². The Morgan fingerprint density at radius 3 is 2.33 bits per heavy atom. The average molecular weight is 358 g/mol. The summed E-state index contributed by atoms with van der Waals surface area (Å²) in [5.41, 5.74) is -3.39. The number of thiazole rings is 1. The van der Waals surface area contributed by atoms with Crippen molar-refractivity contribution >= 4 is 22.4 Å². The summed E-state index contributed by atoms with van der Waals surface area (Å²) in [6.07, 6.45) is -3.40. The molecule has 0 aliphatic rings. The molecule has 8 heteroatoms. The van der Waals surface area contributed by atoms with Crippen molar-refractivity contribution in [2.45, 2.75) is 31.5 Å². The third-order valence-corrected chi connectivity index (χ3v) is 4.73. The van der Waals surface area contributed by atoms with Crippen molar-refractivity contribution in [2.24, 2.45) is 0 Å². The third-order valence-electron chi connectivity index (χ3n) is 3.52. The van der Waals surface area contributed by atoms with Crippen LogP contribution in [-0.4, -0.2) is 24.2 Å². The number of carbonyl (C=O) groups is 1. The number of hydrogen-bond donors (Lipinski definition) is 1. The second kappa shape index (κ2) is 6.90. The standard InChI is InChI=1S/C16H17F3N2O2S/c1-10(2)12-9-20-14(24-12)21-13(22)15(23-3,16(17,18)19)11-7-5-4-6-8-11/h4-10H,1-3H3,(H,20,21,22). The van der Waals surface area contributed by atoms with Crippen LogP contribution < -0.4 is 5.32 Å². The molecule has 0 saturated heterocycles. The van der Waals surface area contributed by atoms with Crippen molar-refractivity contribution in [3.05, 3.63) is 47.0 Å². The second-order valence-electron chi connectivity index (χ2n) is 5.43. The summed E-state index contributed by atoms with van der Waals surface area (Å²) in [4.78, 5) is 17.3. The van der Waals surface area contributed by atoms with E-state index in [0.717, 1.165) is 23.3 Å². The van der Waals surface area contributed by atoms with E-state index in [9.17, 15) is 18.0 Å². The van der Waals surface area contributed by atoms with Gasteiger partial charge in [0.2, 0.25) is 0 Å². The van der Waals surface area contributed by atoms with Gasteiger partial charge in [0.1, 0.15) is 0 Å². The average Bonchev–Trinajstić information content (AvgIpc) is 2.97. The van der Waals surface area contributed by atoms with Gasteiger partial charge in [0.25, 0.3) is 11.5 Å². The fourth-order valence-electron chi connectivity index (χ4n) is 2.22. The maximum atomic E-state index is 13.7. The molecule has 4 nitrogen and oxygen atoms in total. The van der Waals surface area contributed by atoms with Crippen LogP contribution in [-0.2, 0) is 15.1 Å². The maximum absolute atomic E-state index is 13.7. The number of aromatic nitrogens is 1. The molecule has 1 aromatic carbocycles. The molecule has 24 heavy (non-hydrogen) atoms. The number of halogens is 3. The highest BCUT2D eigenvalue weighted by molar-refractivity contribution is 7.15. The molecule has 1 unspecified atom stereocenters. The zero-order valence-corrected chi connectivity index (χ0v) is 14.2. The van der Waals surface area contributed by atoms with Crippen LogP contribution in [0.2, 0.25) is 0 Å². The number of ether oxygens (including phenoxy) is 1. The van der Waals surface area contributed by atoms with Crippen molar-refractivity contribution in [3.8, 4) is 0 Å². The molecule has 0 saturated carbocycles. The lowest BCUT2D eigenvalue weighted by molar-refractivity contribution is -0.263. The van der Waals surface area contributed by atoms with E-state index in [1.54, 1.807) is 6.07 Å². The lowest BCUT2D eigenvalue weighted by Gasteiger charge is -2.32. The maximum Gasteiger partial charge on any atom is 0.430 e. The van der Waals surface area contributed by atoms with E-state index in [4.69, 9.17) is 4.74 Å².